The summed E-state index contributed by atoms with van der Waals surface area (Å²) in [6.45, 7) is -2.88. The number of hydrogen-bond donors (Lipinski definition) is 2. The van der Waals surface area contributed by atoms with Crippen LogP contribution in [0.25, 0.3) is 17.0 Å². The second kappa shape index (κ2) is 7.50. The number of nitrogens with two attached hydrogens (primary N) is 1. The minimum absolute atomic E-state index is 0.0589. The number of halogens is 3. The predicted molar refractivity (Wildman–Crippen MR) is 111 cm³/mol. The highest BCUT2D eigenvalue weighted by molar-refractivity contribution is 5.72. The van der Waals surface area contributed by atoms with Crippen molar-refractivity contribution >= 4 is 22.8 Å². The molecule has 4 aromatic rings. The summed E-state index contributed by atoms with van der Waals surface area (Å²) in [4.78, 5) is 9.36. The molecular weight excluding hydrogens is 407 g/mol. The first-order valence-corrected chi connectivity index (χ1v) is 9.73. The van der Waals surface area contributed by atoms with E-state index in [1.807, 2.05) is 0 Å². The van der Waals surface area contributed by atoms with Crippen molar-refractivity contribution in [2.75, 3.05) is 11.1 Å². The van der Waals surface area contributed by atoms with Gasteiger partial charge in [-0.1, -0.05) is 0 Å². The van der Waals surface area contributed by atoms with E-state index in [2.05, 4.69) is 20.0 Å². The average molecular weight is 425 g/mol. The number of nitrogens with one attached hydrogen (secondary N) is 1. The normalized spacial score (nSPS) is 13.7. The van der Waals surface area contributed by atoms with Gasteiger partial charge in [-0.3, -0.25) is 4.40 Å². The van der Waals surface area contributed by atoms with Crippen LogP contribution < -0.4 is 15.8 Å². The number of hydrogen-bond acceptors (Lipinski definition) is 5. The van der Waals surface area contributed by atoms with E-state index in [0.29, 0.717) is 40.1 Å². The molecule has 158 valence electrons. The third kappa shape index (κ3) is 3.98. The van der Waals surface area contributed by atoms with Crippen molar-refractivity contribution in [1.82, 2.24) is 14.4 Å². The smallest absolute Gasteiger partial charge is 0.387 e. The zero-order chi connectivity index (χ0) is 21.5. The van der Waals surface area contributed by atoms with E-state index in [9.17, 15) is 13.2 Å². The van der Waals surface area contributed by atoms with Crippen molar-refractivity contribution < 1.29 is 17.9 Å². The minimum Gasteiger partial charge on any atom is -0.435 e. The lowest BCUT2D eigenvalue weighted by molar-refractivity contribution is -0.0498. The van der Waals surface area contributed by atoms with E-state index in [1.54, 1.807) is 34.7 Å². The fourth-order valence-corrected chi connectivity index (χ4v) is 3.54. The second-order valence-corrected chi connectivity index (χ2v) is 7.39. The Morgan fingerprint density at radius 2 is 1.84 bits per heavy atom. The quantitative estimate of drug-likeness (QED) is 0.436. The SMILES string of the molecule is Nc1cc(Nc2ccc(OC(F)F)cc2)nc(-c2c(C3CC3)nc3ccc(F)cn23)c1. The Balaban J connectivity index is 1.52. The largest absolute Gasteiger partial charge is 0.435 e. The molecule has 1 aliphatic rings. The summed E-state index contributed by atoms with van der Waals surface area (Å²) in [7, 11) is 0. The third-order valence-electron chi connectivity index (χ3n) is 5.02. The number of ether oxygens (including phenoxy) is 1. The first-order chi connectivity index (χ1) is 15.0. The van der Waals surface area contributed by atoms with Crippen LogP contribution in [0.1, 0.15) is 24.5 Å². The highest BCUT2D eigenvalue weighted by Gasteiger charge is 2.31. The maximum absolute atomic E-state index is 14.0. The second-order valence-electron chi connectivity index (χ2n) is 7.39. The van der Waals surface area contributed by atoms with Crippen LogP contribution in [-0.2, 0) is 0 Å². The van der Waals surface area contributed by atoms with Gasteiger partial charge in [0.05, 0.1) is 17.1 Å². The first kappa shape index (κ1) is 19.2. The summed E-state index contributed by atoms with van der Waals surface area (Å²) in [6, 6.07) is 12.5. The van der Waals surface area contributed by atoms with Crippen LogP contribution in [0.2, 0.25) is 0 Å². The lowest BCUT2D eigenvalue weighted by Gasteiger charge is -2.11. The van der Waals surface area contributed by atoms with E-state index in [4.69, 9.17) is 5.73 Å². The van der Waals surface area contributed by atoms with Crippen molar-refractivity contribution in [1.29, 1.82) is 0 Å². The molecule has 0 radical (unpaired) electrons. The van der Waals surface area contributed by atoms with Gasteiger partial charge in [-0.25, -0.2) is 14.4 Å². The summed E-state index contributed by atoms with van der Waals surface area (Å²) >= 11 is 0. The van der Waals surface area contributed by atoms with E-state index in [-0.39, 0.29) is 11.6 Å². The lowest BCUT2D eigenvalue weighted by Crippen LogP contribution is -2.02. The summed E-state index contributed by atoms with van der Waals surface area (Å²) in [6.07, 6.45) is 3.45. The number of nitrogen functional groups attached to an aromatic ring is 1. The Kier molecular flexibility index (Phi) is 4.65. The predicted octanol–water partition coefficient (Wildman–Crippen LogP) is 5.34. The third-order valence-corrected chi connectivity index (χ3v) is 5.02. The molecule has 0 atom stereocenters. The number of alkyl halides is 2. The monoisotopic (exact) mass is 425 g/mol. The Morgan fingerprint density at radius 1 is 1.06 bits per heavy atom. The molecule has 1 aliphatic carbocycles. The van der Waals surface area contributed by atoms with Gasteiger partial charge in [-0.05, 0) is 55.3 Å². The fourth-order valence-electron chi connectivity index (χ4n) is 3.54. The van der Waals surface area contributed by atoms with Crippen LogP contribution in [0.4, 0.5) is 30.4 Å². The van der Waals surface area contributed by atoms with Gasteiger partial charge in [-0.15, -0.1) is 0 Å². The Morgan fingerprint density at radius 3 is 2.55 bits per heavy atom. The molecule has 3 heterocycles. The Labute approximate surface area is 175 Å². The Bertz CT molecular complexity index is 1250. The zero-order valence-corrected chi connectivity index (χ0v) is 16.2. The van der Waals surface area contributed by atoms with Gasteiger partial charge < -0.3 is 15.8 Å². The van der Waals surface area contributed by atoms with Crippen LogP contribution in [0.15, 0.2) is 54.7 Å². The van der Waals surface area contributed by atoms with Gasteiger partial charge in [0, 0.05) is 29.6 Å². The van der Waals surface area contributed by atoms with E-state index in [0.717, 1.165) is 18.5 Å². The molecule has 5 rings (SSSR count). The highest BCUT2D eigenvalue weighted by atomic mass is 19.3. The minimum atomic E-state index is -2.88. The van der Waals surface area contributed by atoms with E-state index < -0.39 is 6.61 Å². The zero-order valence-electron chi connectivity index (χ0n) is 16.2. The molecule has 0 unspecified atom stereocenters. The van der Waals surface area contributed by atoms with E-state index in [1.165, 1.54) is 24.4 Å². The standard InChI is InChI=1S/C22H18F3N5O/c23-13-3-8-19-29-20(12-1-2-12)21(30(19)11-13)17-9-14(26)10-18(28-17)27-15-4-6-16(7-5-15)31-22(24)25/h3-12,22H,1-2H2,(H3,26,27,28). The molecule has 1 aromatic carbocycles. The molecule has 0 saturated heterocycles. The molecule has 1 saturated carbocycles. The molecule has 0 amide bonds. The molecule has 1 fully saturated rings. The number of imidazole rings is 1. The van der Waals surface area contributed by atoms with Crippen molar-refractivity contribution in [2.45, 2.75) is 25.4 Å². The summed E-state index contributed by atoms with van der Waals surface area (Å²) in [5, 5.41) is 3.11. The molecule has 0 spiro atoms. The average Bonchev–Trinajstić information content (AvgIpc) is 3.49. The highest BCUT2D eigenvalue weighted by Crippen LogP contribution is 2.44. The molecular formula is C22H18F3N5O. The maximum atomic E-state index is 14.0. The summed E-state index contributed by atoms with van der Waals surface area (Å²) < 4.78 is 44.7. The Hall–Kier alpha value is -3.75. The van der Waals surface area contributed by atoms with Crippen LogP contribution in [0.5, 0.6) is 5.75 Å². The van der Waals surface area contributed by atoms with Gasteiger partial charge in [-0.2, -0.15) is 8.78 Å². The molecule has 9 heteroatoms. The summed E-state index contributed by atoms with van der Waals surface area (Å²) in [5.41, 5.74) is 10.0. The van der Waals surface area contributed by atoms with Gasteiger partial charge in [0.1, 0.15) is 23.0 Å². The number of benzene rings is 1. The van der Waals surface area contributed by atoms with Crippen LogP contribution in [0, 0.1) is 5.82 Å². The molecule has 6 nitrogen and oxygen atoms in total. The molecule has 0 aliphatic heterocycles. The van der Waals surface area contributed by atoms with Gasteiger partial charge in [0.25, 0.3) is 0 Å². The lowest BCUT2D eigenvalue weighted by atomic mass is 10.1. The number of fused-ring (bicyclic) bond motifs is 1. The van der Waals surface area contributed by atoms with Gasteiger partial charge in [0.15, 0.2) is 0 Å². The topological polar surface area (TPSA) is 77.5 Å². The van der Waals surface area contributed by atoms with Crippen LogP contribution in [0.3, 0.4) is 0 Å². The molecule has 3 aromatic heterocycles. The molecule has 3 N–H and O–H groups in total. The molecule has 0 bridgehead atoms. The fraction of sp³-hybridized carbons (Fsp3) is 0.182. The van der Waals surface area contributed by atoms with E-state index >= 15 is 0 Å². The first-order valence-electron chi connectivity index (χ1n) is 9.73. The van der Waals surface area contributed by atoms with Crippen molar-refractivity contribution in [2.24, 2.45) is 0 Å². The number of pyridine rings is 2. The van der Waals surface area contributed by atoms with Crippen molar-refractivity contribution in [3.05, 3.63) is 66.2 Å². The number of aromatic nitrogens is 3. The van der Waals surface area contributed by atoms with Crippen molar-refractivity contribution in [3.63, 3.8) is 0 Å². The van der Waals surface area contributed by atoms with Crippen molar-refractivity contribution in [3.8, 4) is 17.1 Å². The van der Waals surface area contributed by atoms with Crippen LogP contribution in [-0.4, -0.2) is 21.0 Å². The maximum Gasteiger partial charge on any atom is 0.387 e. The summed E-state index contributed by atoms with van der Waals surface area (Å²) in [5.74, 6) is 0.469. The molecule has 31 heavy (non-hydrogen) atoms. The number of nitrogens with zero attached hydrogens (tertiary/aromatic N) is 3. The van der Waals surface area contributed by atoms with Gasteiger partial charge >= 0.3 is 6.61 Å². The van der Waals surface area contributed by atoms with Crippen LogP contribution >= 0.6 is 0 Å². The van der Waals surface area contributed by atoms with Gasteiger partial charge in [0.2, 0.25) is 0 Å². The number of anilines is 3. The number of rotatable bonds is 6.